The molecule has 0 radical (unpaired) electrons. The van der Waals surface area contributed by atoms with Gasteiger partial charge in [0, 0.05) is 18.5 Å². The lowest BCUT2D eigenvalue weighted by Crippen LogP contribution is -2.46. The van der Waals surface area contributed by atoms with Gasteiger partial charge in [-0.2, -0.15) is 0 Å². The Morgan fingerprint density at radius 1 is 1.18 bits per heavy atom. The summed E-state index contributed by atoms with van der Waals surface area (Å²) < 4.78 is 25.2. The lowest BCUT2D eigenvalue weighted by atomic mass is 9.75. The van der Waals surface area contributed by atoms with Crippen molar-refractivity contribution in [1.29, 1.82) is 0 Å². The van der Waals surface area contributed by atoms with Crippen LogP contribution in [0.3, 0.4) is 0 Å². The number of benzene rings is 2. The van der Waals surface area contributed by atoms with Gasteiger partial charge in [0.05, 0.1) is 20.3 Å². The maximum Gasteiger partial charge on any atom is 0.161 e. The summed E-state index contributed by atoms with van der Waals surface area (Å²) in [6.07, 6.45) is 2.45. The van der Waals surface area contributed by atoms with Gasteiger partial charge in [0.2, 0.25) is 0 Å². The molecule has 0 bridgehead atoms. The molecule has 5 heteroatoms. The number of ether oxygens (including phenoxy) is 2. The van der Waals surface area contributed by atoms with E-state index in [0.29, 0.717) is 18.6 Å². The average Bonchev–Trinajstić information content (AvgIpc) is 2.71. The summed E-state index contributed by atoms with van der Waals surface area (Å²) in [5.41, 5.74) is 1.51. The third-order valence-corrected chi connectivity index (χ3v) is 5.53. The van der Waals surface area contributed by atoms with Gasteiger partial charge in [-0.15, -0.1) is 0 Å². The maximum atomic E-state index is 14.2. The number of piperidine rings is 1. The summed E-state index contributed by atoms with van der Waals surface area (Å²) in [7, 11) is 1.64. The highest BCUT2D eigenvalue weighted by Gasteiger charge is 2.35. The van der Waals surface area contributed by atoms with E-state index in [1.807, 2.05) is 37.3 Å². The zero-order valence-electron chi connectivity index (χ0n) is 16.8. The first kappa shape index (κ1) is 20.6. The van der Waals surface area contributed by atoms with Crippen molar-refractivity contribution in [2.45, 2.75) is 32.7 Å². The van der Waals surface area contributed by atoms with Crippen molar-refractivity contribution < 1.29 is 19.0 Å². The largest absolute Gasteiger partial charge is 0.493 e. The fourth-order valence-corrected chi connectivity index (χ4v) is 4.17. The number of halogens is 1. The van der Waals surface area contributed by atoms with Crippen LogP contribution < -0.4 is 9.47 Å². The van der Waals surface area contributed by atoms with Gasteiger partial charge in [0.1, 0.15) is 5.82 Å². The van der Waals surface area contributed by atoms with Gasteiger partial charge < -0.3 is 14.6 Å². The monoisotopic (exact) mass is 387 g/mol. The van der Waals surface area contributed by atoms with Crippen LogP contribution in [0.1, 0.15) is 30.9 Å². The van der Waals surface area contributed by atoms with Gasteiger partial charge in [-0.3, -0.25) is 4.90 Å². The van der Waals surface area contributed by atoms with Crippen molar-refractivity contribution in [1.82, 2.24) is 4.90 Å². The van der Waals surface area contributed by atoms with Gasteiger partial charge in [0.25, 0.3) is 0 Å². The molecule has 1 fully saturated rings. The van der Waals surface area contributed by atoms with Crippen molar-refractivity contribution in [2.24, 2.45) is 5.41 Å². The second-order valence-electron chi connectivity index (χ2n) is 7.66. The SMILES string of the molecule is CCOc1cc(CN2CCC[C@](CO)(Cc3ccccc3F)C2)ccc1OC. The Labute approximate surface area is 166 Å². The minimum atomic E-state index is -0.310. The topological polar surface area (TPSA) is 41.9 Å². The molecule has 0 aromatic heterocycles. The molecule has 1 aliphatic rings. The number of rotatable bonds is 8. The Morgan fingerprint density at radius 3 is 2.71 bits per heavy atom. The van der Waals surface area contributed by atoms with E-state index in [9.17, 15) is 9.50 Å². The van der Waals surface area contributed by atoms with Crippen LogP contribution in [-0.4, -0.2) is 43.4 Å². The van der Waals surface area contributed by atoms with Crippen molar-refractivity contribution in [2.75, 3.05) is 33.4 Å². The van der Waals surface area contributed by atoms with Crippen molar-refractivity contribution in [3.63, 3.8) is 0 Å². The summed E-state index contributed by atoms with van der Waals surface area (Å²) in [4.78, 5) is 2.35. The fourth-order valence-electron chi connectivity index (χ4n) is 4.17. The number of likely N-dealkylation sites (tertiary alicyclic amines) is 1. The van der Waals surface area contributed by atoms with Crippen LogP contribution in [0.15, 0.2) is 42.5 Å². The number of nitrogens with zero attached hydrogens (tertiary/aromatic N) is 1. The second-order valence-corrected chi connectivity index (χ2v) is 7.66. The third-order valence-electron chi connectivity index (χ3n) is 5.53. The highest BCUT2D eigenvalue weighted by Crippen LogP contribution is 2.35. The van der Waals surface area contributed by atoms with Gasteiger partial charge in [-0.1, -0.05) is 24.3 Å². The summed E-state index contributed by atoms with van der Waals surface area (Å²) in [6.45, 7) is 5.07. The standard InChI is InChI=1S/C23H30FNO3/c1-3-28-22-13-18(9-10-21(22)27-2)15-25-12-6-11-23(16-25,17-26)14-19-7-4-5-8-20(19)24/h4-5,7-10,13,26H,3,6,11-12,14-17H2,1-2H3/t23-/m0/s1. The Bertz CT molecular complexity index is 782. The molecule has 0 saturated carbocycles. The molecule has 2 aromatic carbocycles. The van der Waals surface area contributed by atoms with Crippen LogP contribution in [0.25, 0.3) is 0 Å². The van der Waals surface area contributed by atoms with E-state index >= 15 is 0 Å². The van der Waals surface area contributed by atoms with Gasteiger partial charge in [-0.05, 0) is 62.1 Å². The highest BCUT2D eigenvalue weighted by atomic mass is 19.1. The lowest BCUT2D eigenvalue weighted by Gasteiger charge is -2.42. The smallest absolute Gasteiger partial charge is 0.161 e. The quantitative estimate of drug-likeness (QED) is 0.742. The first-order valence-corrected chi connectivity index (χ1v) is 9.95. The van der Waals surface area contributed by atoms with Crippen LogP contribution in [0.4, 0.5) is 4.39 Å². The first-order valence-electron chi connectivity index (χ1n) is 9.95. The maximum absolute atomic E-state index is 14.2. The zero-order chi connectivity index (χ0) is 20.0. The minimum absolute atomic E-state index is 0.0602. The van der Waals surface area contributed by atoms with E-state index in [2.05, 4.69) is 4.90 Å². The van der Waals surface area contributed by atoms with Crippen LogP contribution in [0.5, 0.6) is 11.5 Å². The number of aliphatic hydroxyl groups is 1. The summed E-state index contributed by atoms with van der Waals surface area (Å²) >= 11 is 0. The molecule has 28 heavy (non-hydrogen) atoms. The second kappa shape index (κ2) is 9.39. The van der Waals surface area contributed by atoms with E-state index in [4.69, 9.17) is 9.47 Å². The summed E-state index contributed by atoms with van der Waals surface area (Å²) in [5, 5.41) is 10.2. The zero-order valence-corrected chi connectivity index (χ0v) is 16.8. The highest BCUT2D eigenvalue weighted by molar-refractivity contribution is 5.43. The van der Waals surface area contributed by atoms with E-state index in [-0.39, 0.29) is 17.8 Å². The van der Waals surface area contributed by atoms with E-state index < -0.39 is 0 Å². The normalized spacial score (nSPS) is 20.1. The van der Waals surface area contributed by atoms with Gasteiger partial charge >= 0.3 is 0 Å². The molecule has 152 valence electrons. The molecular formula is C23H30FNO3. The van der Waals surface area contributed by atoms with E-state index in [1.165, 1.54) is 6.07 Å². The Balaban J connectivity index is 1.73. The summed E-state index contributed by atoms with van der Waals surface area (Å²) in [6, 6.07) is 12.9. The number of methoxy groups -OCH3 is 1. The molecule has 2 aromatic rings. The number of hydrogen-bond donors (Lipinski definition) is 1. The molecule has 0 unspecified atom stereocenters. The van der Waals surface area contributed by atoms with Crippen LogP contribution in [0.2, 0.25) is 0 Å². The van der Waals surface area contributed by atoms with Crippen molar-refractivity contribution >= 4 is 0 Å². The molecule has 3 rings (SSSR count). The lowest BCUT2D eigenvalue weighted by molar-refractivity contribution is 0.0282. The predicted octanol–water partition coefficient (Wildman–Crippen LogP) is 4.05. The molecule has 1 heterocycles. The molecule has 1 aliphatic heterocycles. The van der Waals surface area contributed by atoms with Crippen molar-refractivity contribution in [3.05, 3.63) is 59.4 Å². The minimum Gasteiger partial charge on any atom is -0.493 e. The van der Waals surface area contributed by atoms with Gasteiger partial charge in [-0.25, -0.2) is 4.39 Å². The molecule has 4 nitrogen and oxygen atoms in total. The van der Waals surface area contributed by atoms with E-state index in [0.717, 1.165) is 49.5 Å². The van der Waals surface area contributed by atoms with Crippen LogP contribution in [-0.2, 0) is 13.0 Å². The molecule has 0 spiro atoms. The van der Waals surface area contributed by atoms with Gasteiger partial charge in [0.15, 0.2) is 11.5 Å². The fraction of sp³-hybridized carbons (Fsp3) is 0.478. The molecule has 1 saturated heterocycles. The Hall–Kier alpha value is -2.11. The average molecular weight is 387 g/mol. The Morgan fingerprint density at radius 2 is 2.00 bits per heavy atom. The van der Waals surface area contributed by atoms with Crippen LogP contribution >= 0.6 is 0 Å². The molecule has 0 aliphatic carbocycles. The number of hydrogen-bond acceptors (Lipinski definition) is 4. The predicted molar refractivity (Wildman–Crippen MR) is 108 cm³/mol. The molecular weight excluding hydrogens is 357 g/mol. The number of aliphatic hydroxyl groups excluding tert-OH is 1. The molecule has 1 atom stereocenters. The Kier molecular flexibility index (Phi) is 6.92. The van der Waals surface area contributed by atoms with Crippen LogP contribution in [0, 0.1) is 11.2 Å². The third kappa shape index (κ3) is 4.83. The summed E-state index contributed by atoms with van der Waals surface area (Å²) in [5.74, 6) is 1.29. The van der Waals surface area contributed by atoms with Crippen molar-refractivity contribution in [3.8, 4) is 11.5 Å². The molecule has 0 amide bonds. The molecule has 1 N–H and O–H groups in total. The van der Waals surface area contributed by atoms with E-state index in [1.54, 1.807) is 13.2 Å². The first-order chi connectivity index (χ1) is 13.6.